The summed E-state index contributed by atoms with van der Waals surface area (Å²) >= 11 is 0. The zero-order chi connectivity index (χ0) is 7.28. The standard InChI is InChI=1S/C7H15NO/c1-5-6(2)7(3)9-8-4/h6,8H,3,5H2,1-2,4H3. The van der Waals surface area contributed by atoms with Crippen molar-refractivity contribution < 1.29 is 4.84 Å². The van der Waals surface area contributed by atoms with Crippen LogP contribution in [-0.4, -0.2) is 7.05 Å². The molecule has 54 valence electrons. The summed E-state index contributed by atoms with van der Waals surface area (Å²) in [4.78, 5) is 4.95. The summed E-state index contributed by atoms with van der Waals surface area (Å²) in [6, 6.07) is 0. The van der Waals surface area contributed by atoms with Crippen molar-refractivity contribution >= 4 is 0 Å². The molecular weight excluding hydrogens is 114 g/mol. The fourth-order valence-electron chi connectivity index (χ4n) is 0.459. The third-order valence-corrected chi connectivity index (χ3v) is 1.40. The fourth-order valence-corrected chi connectivity index (χ4v) is 0.459. The molecule has 0 aliphatic carbocycles. The molecule has 0 aromatic rings. The highest BCUT2D eigenvalue weighted by molar-refractivity contribution is 4.86. The molecule has 0 amide bonds. The Morgan fingerprint density at radius 1 is 1.78 bits per heavy atom. The molecule has 2 nitrogen and oxygen atoms in total. The van der Waals surface area contributed by atoms with Crippen LogP contribution >= 0.6 is 0 Å². The Labute approximate surface area is 56.9 Å². The van der Waals surface area contributed by atoms with E-state index in [0.29, 0.717) is 5.92 Å². The Kier molecular flexibility index (Phi) is 4.14. The molecule has 0 fully saturated rings. The quantitative estimate of drug-likeness (QED) is 0.460. The van der Waals surface area contributed by atoms with Crippen molar-refractivity contribution in [2.24, 2.45) is 5.92 Å². The Balaban J connectivity index is 3.46. The molecule has 0 saturated carbocycles. The Bertz CT molecular complexity index is 90.9. The predicted molar refractivity (Wildman–Crippen MR) is 38.7 cm³/mol. The first-order valence-electron chi connectivity index (χ1n) is 3.24. The Hall–Kier alpha value is -0.500. The van der Waals surface area contributed by atoms with E-state index >= 15 is 0 Å². The van der Waals surface area contributed by atoms with E-state index in [1.807, 2.05) is 0 Å². The molecule has 1 unspecified atom stereocenters. The van der Waals surface area contributed by atoms with Crippen molar-refractivity contribution in [2.75, 3.05) is 7.05 Å². The molecule has 0 heterocycles. The van der Waals surface area contributed by atoms with E-state index in [0.717, 1.165) is 12.2 Å². The smallest absolute Gasteiger partial charge is 0.119 e. The molecule has 0 saturated heterocycles. The van der Waals surface area contributed by atoms with E-state index in [1.54, 1.807) is 7.05 Å². The summed E-state index contributed by atoms with van der Waals surface area (Å²) in [7, 11) is 1.73. The van der Waals surface area contributed by atoms with E-state index in [-0.39, 0.29) is 0 Å². The van der Waals surface area contributed by atoms with Gasteiger partial charge < -0.3 is 4.84 Å². The van der Waals surface area contributed by atoms with E-state index in [1.165, 1.54) is 0 Å². The summed E-state index contributed by atoms with van der Waals surface area (Å²) in [6.07, 6.45) is 1.07. The van der Waals surface area contributed by atoms with Crippen molar-refractivity contribution in [2.45, 2.75) is 20.3 Å². The normalized spacial score (nSPS) is 12.8. The highest BCUT2D eigenvalue weighted by atomic mass is 16.6. The van der Waals surface area contributed by atoms with Crippen LogP contribution < -0.4 is 5.48 Å². The first-order chi connectivity index (χ1) is 4.22. The van der Waals surface area contributed by atoms with Crippen LogP contribution in [-0.2, 0) is 4.84 Å². The van der Waals surface area contributed by atoms with Gasteiger partial charge in [-0.15, -0.1) is 0 Å². The van der Waals surface area contributed by atoms with Crippen LogP contribution in [0.25, 0.3) is 0 Å². The molecule has 0 aromatic heterocycles. The summed E-state index contributed by atoms with van der Waals surface area (Å²) in [5.74, 6) is 1.25. The van der Waals surface area contributed by atoms with Gasteiger partial charge in [0.1, 0.15) is 5.76 Å². The van der Waals surface area contributed by atoms with Crippen LogP contribution in [0.3, 0.4) is 0 Å². The highest BCUT2D eigenvalue weighted by Gasteiger charge is 2.03. The highest BCUT2D eigenvalue weighted by Crippen LogP contribution is 2.10. The summed E-state index contributed by atoms with van der Waals surface area (Å²) in [5.41, 5.74) is 2.58. The second-order valence-electron chi connectivity index (χ2n) is 2.08. The average Bonchev–Trinajstić information content (AvgIpc) is 1.87. The fraction of sp³-hybridized carbons (Fsp3) is 0.714. The number of nitrogens with one attached hydrogen (secondary N) is 1. The van der Waals surface area contributed by atoms with Gasteiger partial charge in [0.15, 0.2) is 0 Å². The van der Waals surface area contributed by atoms with Gasteiger partial charge in [-0.2, -0.15) is 5.48 Å². The lowest BCUT2D eigenvalue weighted by Crippen LogP contribution is -2.10. The monoisotopic (exact) mass is 129 g/mol. The van der Waals surface area contributed by atoms with Crippen LogP contribution in [0.1, 0.15) is 20.3 Å². The van der Waals surface area contributed by atoms with Gasteiger partial charge in [-0.25, -0.2) is 0 Å². The van der Waals surface area contributed by atoms with Crippen molar-refractivity contribution in [3.8, 4) is 0 Å². The van der Waals surface area contributed by atoms with Gasteiger partial charge in [-0.1, -0.05) is 20.4 Å². The minimum absolute atomic E-state index is 0.442. The minimum atomic E-state index is 0.442. The molecule has 0 bridgehead atoms. The van der Waals surface area contributed by atoms with E-state index < -0.39 is 0 Å². The zero-order valence-corrected chi connectivity index (χ0v) is 6.40. The molecule has 0 aromatic carbocycles. The van der Waals surface area contributed by atoms with Gasteiger partial charge in [-0.3, -0.25) is 0 Å². The molecule has 0 radical (unpaired) electrons. The second kappa shape index (κ2) is 4.39. The van der Waals surface area contributed by atoms with Crippen LogP contribution in [0, 0.1) is 5.92 Å². The topological polar surface area (TPSA) is 21.3 Å². The van der Waals surface area contributed by atoms with Crippen molar-refractivity contribution in [1.82, 2.24) is 5.48 Å². The van der Waals surface area contributed by atoms with E-state index in [9.17, 15) is 0 Å². The predicted octanol–water partition coefficient (Wildman–Crippen LogP) is 1.70. The van der Waals surface area contributed by atoms with Gasteiger partial charge >= 0.3 is 0 Å². The van der Waals surface area contributed by atoms with Crippen LogP contribution in [0.4, 0.5) is 0 Å². The lowest BCUT2D eigenvalue weighted by atomic mass is 10.1. The zero-order valence-electron chi connectivity index (χ0n) is 6.40. The number of hydrogen-bond donors (Lipinski definition) is 1. The summed E-state index contributed by atoms with van der Waals surface area (Å²) < 4.78 is 0. The van der Waals surface area contributed by atoms with Gasteiger partial charge in [-0.05, 0) is 6.42 Å². The maximum Gasteiger partial charge on any atom is 0.119 e. The first-order valence-corrected chi connectivity index (χ1v) is 3.24. The molecule has 0 aliphatic heterocycles. The van der Waals surface area contributed by atoms with Crippen LogP contribution in [0.15, 0.2) is 12.3 Å². The number of allylic oxidation sites excluding steroid dienone is 1. The van der Waals surface area contributed by atoms with Crippen molar-refractivity contribution in [3.63, 3.8) is 0 Å². The maximum absolute atomic E-state index is 4.95. The summed E-state index contributed by atoms with van der Waals surface area (Å²) in [6.45, 7) is 7.92. The second-order valence-corrected chi connectivity index (χ2v) is 2.08. The largest absolute Gasteiger partial charge is 0.414 e. The number of hydroxylamine groups is 1. The van der Waals surface area contributed by atoms with Gasteiger partial charge in [0.2, 0.25) is 0 Å². The van der Waals surface area contributed by atoms with Crippen molar-refractivity contribution in [3.05, 3.63) is 12.3 Å². The van der Waals surface area contributed by atoms with E-state index in [4.69, 9.17) is 4.84 Å². The van der Waals surface area contributed by atoms with E-state index in [2.05, 4.69) is 25.9 Å². The van der Waals surface area contributed by atoms with Gasteiger partial charge in [0.25, 0.3) is 0 Å². The molecule has 1 N–H and O–H groups in total. The average molecular weight is 129 g/mol. The molecule has 9 heavy (non-hydrogen) atoms. The number of hydrogen-bond acceptors (Lipinski definition) is 2. The molecule has 0 aliphatic rings. The van der Waals surface area contributed by atoms with Gasteiger partial charge in [0, 0.05) is 13.0 Å². The molecule has 2 heteroatoms. The molecule has 0 rings (SSSR count). The number of rotatable bonds is 4. The Morgan fingerprint density at radius 2 is 2.33 bits per heavy atom. The van der Waals surface area contributed by atoms with Crippen LogP contribution in [0.5, 0.6) is 0 Å². The lowest BCUT2D eigenvalue weighted by Gasteiger charge is -2.11. The third kappa shape index (κ3) is 3.14. The van der Waals surface area contributed by atoms with Gasteiger partial charge in [0.05, 0.1) is 0 Å². The Morgan fingerprint density at radius 3 is 2.67 bits per heavy atom. The molecule has 0 spiro atoms. The summed E-state index contributed by atoms with van der Waals surface area (Å²) in [5, 5.41) is 0. The minimum Gasteiger partial charge on any atom is -0.414 e. The maximum atomic E-state index is 4.95. The van der Waals surface area contributed by atoms with Crippen LogP contribution in [0.2, 0.25) is 0 Å². The SMILES string of the molecule is C=C(ONC)C(C)CC. The van der Waals surface area contributed by atoms with Crippen molar-refractivity contribution in [1.29, 1.82) is 0 Å². The first kappa shape index (κ1) is 8.50. The molecular formula is C7H15NO. The lowest BCUT2D eigenvalue weighted by molar-refractivity contribution is 0.103. The molecule has 1 atom stereocenters. The third-order valence-electron chi connectivity index (χ3n) is 1.40.